The van der Waals surface area contributed by atoms with Gasteiger partial charge in [-0.3, -0.25) is 4.79 Å². The number of hydrogen-bond donors (Lipinski definition) is 2. The van der Waals surface area contributed by atoms with Gasteiger partial charge in [0.15, 0.2) is 0 Å². The maximum atomic E-state index is 12.1. The minimum atomic E-state index is -0.0313. The topological polar surface area (TPSA) is 41.1 Å². The van der Waals surface area contributed by atoms with Crippen LogP contribution in [0.4, 0.5) is 0 Å². The summed E-state index contributed by atoms with van der Waals surface area (Å²) in [7, 11) is 0. The molecule has 1 aliphatic rings. The van der Waals surface area contributed by atoms with Gasteiger partial charge in [0.1, 0.15) is 0 Å². The van der Waals surface area contributed by atoms with Gasteiger partial charge in [-0.05, 0) is 50.8 Å². The van der Waals surface area contributed by atoms with E-state index in [4.69, 9.17) is 0 Å². The van der Waals surface area contributed by atoms with Crippen molar-refractivity contribution < 1.29 is 4.79 Å². The average molecular weight is 302 g/mol. The molecule has 1 fully saturated rings. The number of benzene rings is 1. The fourth-order valence-corrected chi connectivity index (χ4v) is 3.08. The molecule has 122 valence electrons. The molecule has 0 aliphatic carbocycles. The molecule has 0 radical (unpaired) electrons. The molecule has 2 N–H and O–H groups in total. The summed E-state index contributed by atoms with van der Waals surface area (Å²) in [6, 6.07) is 8.55. The predicted molar refractivity (Wildman–Crippen MR) is 92.0 cm³/mol. The van der Waals surface area contributed by atoms with Gasteiger partial charge in [0, 0.05) is 18.4 Å². The van der Waals surface area contributed by atoms with Crippen LogP contribution in [-0.2, 0) is 10.2 Å². The molecule has 1 aromatic rings. The third kappa shape index (κ3) is 5.13. The summed E-state index contributed by atoms with van der Waals surface area (Å²) < 4.78 is 0. The number of carbonyl (C=O) groups excluding carboxylic acids is 1. The van der Waals surface area contributed by atoms with E-state index in [1.54, 1.807) is 0 Å². The van der Waals surface area contributed by atoms with Crippen LogP contribution in [0.3, 0.4) is 0 Å². The number of amides is 1. The van der Waals surface area contributed by atoms with Gasteiger partial charge in [-0.1, -0.05) is 43.7 Å². The van der Waals surface area contributed by atoms with Crippen molar-refractivity contribution in [3.8, 4) is 0 Å². The zero-order valence-electron chi connectivity index (χ0n) is 14.2. The van der Waals surface area contributed by atoms with Crippen molar-refractivity contribution in [2.75, 3.05) is 19.6 Å². The quantitative estimate of drug-likeness (QED) is 0.847. The van der Waals surface area contributed by atoms with E-state index in [2.05, 4.69) is 55.7 Å². The Bertz CT molecular complexity index is 490. The second-order valence-electron chi connectivity index (χ2n) is 7.26. The predicted octanol–water partition coefficient (Wildman–Crippen LogP) is 3.17. The summed E-state index contributed by atoms with van der Waals surface area (Å²) in [4.78, 5) is 12.1. The molecule has 2 rings (SSSR count). The maximum absolute atomic E-state index is 12.1. The summed E-state index contributed by atoms with van der Waals surface area (Å²) in [5.74, 6) is 0.913. The monoisotopic (exact) mass is 302 g/mol. The Hall–Kier alpha value is -1.35. The third-order valence-electron chi connectivity index (χ3n) is 4.77. The van der Waals surface area contributed by atoms with E-state index in [0.717, 1.165) is 25.4 Å². The molecule has 0 unspecified atom stereocenters. The normalized spacial score (nSPS) is 16.5. The third-order valence-corrected chi connectivity index (χ3v) is 4.77. The highest BCUT2D eigenvalue weighted by molar-refractivity contribution is 5.76. The number of carbonyl (C=O) groups is 1. The van der Waals surface area contributed by atoms with Crippen LogP contribution < -0.4 is 10.6 Å². The fraction of sp³-hybridized carbons (Fsp3) is 0.632. The molecule has 1 heterocycles. The van der Waals surface area contributed by atoms with Crippen LogP contribution in [0.2, 0.25) is 0 Å². The van der Waals surface area contributed by atoms with Gasteiger partial charge in [-0.25, -0.2) is 0 Å². The van der Waals surface area contributed by atoms with Crippen molar-refractivity contribution in [1.82, 2.24) is 10.6 Å². The molecule has 1 aromatic carbocycles. The van der Waals surface area contributed by atoms with Crippen molar-refractivity contribution in [2.24, 2.45) is 5.92 Å². The lowest BCUT2D eigenvalue weighted by molar-refractivity contribution is -0.121. The summed E-state index contributed by atoms with van der Waals surface area (Å²) >= 11 is 0. The van der Waals surface area contributed by atoms with Gasteiger partial charge < -0.3 is 10.6 Å². The molecule has 3 nitrogen and oxygen atoms in total. The first-order chi connectivity index (χ1) is 10.5. The Labute approximate surface area is 134 Å². The first-order valence-corrected chi connectivity index (χ1v) is 8.52. The van der Waals surface area contributed by atoms with Gasteiger partial charge in [0.25, 0.3) is 0 Å². The van der Waals surface area contributed by atoms with E-state index < -0.39 is 0 Å². The van der Waals surface area contributed by atoms with Crippen molar-refractivity contribution in [3.05, 3.63) is 35.4 Å². The summed E-state index contributed by atoms with van der Waals surface area (Å²) in [5, 5.41) is 6.50. The van der Waals surface area contributed by atoms with Crippen molar-refractivity contribution in [3.63, 3.8) is 0 Å². The summed E-state index contributed by atoms with van der Waals surface area (Å²) in [6.45, 7) is 9.39. The molecule has 1 saturated heterocycles. The van der Waals surface area contributed by atoms with E-state index in [0.29, 0.717) is 13.0 Å². The second-order valence-corrected chi connectivity index (χ2v) is 7.26. The fourth-order valence-electron chi connectivity index (χ4n) is 3.08. The van der Waals surface area contributed by atoms with Crippen LogP contribution in [0, 0.1) is 12.8 Å². The second kappa shape index (κ2) is 7.77. The minimum Gasteiger partial charge on any atom is -0.355 e. The van der Waals surface area contributed by atoms with Crippen LogP contribution >= 0.6 is 0 Å². The first kappa shape index (κ1) is 17.0. The Morgan fingerprint density at radius 1 is 1.32 bits per heavy atom. The van der Waals surface area contributed by atoms with Gasteiger partial charge in [-0.15, -0.1) is 0 Å². The smallest absolute Gasteiger partial charge is 0.220 e. The van der Waals surface area contributed by atoms with Crippen LogP contribution in [-0.4, -0.2) is 25.5 Å². The molecule has 0 atom stereocenters. The molecule has 3 heteroatoms. The lowest BCUT2D eigenvalue weighted by Gasteiger charge is -2.26. The number of rotatable bonds is 6. The standard InChI is InChI=1S/C19H30N2O/c1-15-5-4-6-17(13-15)19(2,3)14-21-18(22)8-7-16-9-11-20-12-10-16/h4-6,13,16,20H,7-12,14H2,1-3H3,(H,21,22). The zero-order chi connectivity index (χ0) is 16.0. The number of hydrogen-bond acceptors (Lipinski definition) is 2. The van der Waals surface area contributed by atoms with E-state index >= 15 is 0 Å². The van der Waals surface area contributed by atoms with E-state index in [1.807, 2.05) is 0 Å². The molecule has 22 heavy (non-hydrogen) atoms. The van der Waals surface area contributed by atoms with Crippen LogP contribution in [0.25, 0.3) is 0 Å². The van der Waals surface area contributed by atoms with Gasteiger partial charge in [-0.2, -0.15) is 0 Å². The molecule has 0 aromatic heterocycles. The van der Waals surface area contributed by atoms with Crippen molar-refractivity contribution in [1.29, 1.82) is 0 Å². The van der Waals surface area contributed by atoms with Crippen LogP contribution in [0.1, 0.15) is 50.7 Å². The minimum absolute atomic E-state index is 0.0313. The van der Waals surface area contributed by atoms with Crippen molar-refractivity contribution >= 4 is 5.91 Å². The summed E-state index contributed by atoms with van der Waals surface area (Å²) in [5.41, 5.74) is 2.52. The molecule has 1 amide bonds. The maximum Gasteiger partial charge on any atom is 0.220 e. The number of nitrogens with one attached hydrogen (secondary N) is 2. The number of aryl methyl sites for hydroxylation is 1. The molecular formula is C19H30N2O. The van der Waals surface area contributed by atoms with Crippen LogP contribution in [0.5, 0.6) is 0 Å². The van der Waals surface area contributed by atoms with E-state index in [-0.39, 0.29) is 11.3 Å². The first-order valence-electron chi connectivity index (χ1n) is 8.52. The van der Waals surface area contributed by atoms with Crippen LogP contribution in [0.15, 0.2) is 24.3 Å². The van der Waals surface area contributed by atoms with Crippen molar-refractivity contribution in [2.45, 2.75) is 51.9 Å². The Morgan fingerprint density at radius 3 is 2.73 bits per heavy atom. The molecule has 1 aliphatic heterocycles. The molecule has 0 bridgehead atoms. The Balaban J connectivity index is 1.77. The van der Waals surface area contributed by atoms with Gasteiger partial charge in [0.2, 0.25) is 5.91 Å². The lowest BCUT2D eigenvalue weighted by Crippen LogP contribution is -2.37. The van der Waals surface area contributed by atoms with Gasteiger partial charge >= 0.3 is 0 Å². The summed E-state index contributed by atoms with van der Waals surface area (Å²) in [6.07, 6.45) is 4.11. The van der Waals surface area contributed by atoms with Gasteiger partial charge in [0.05, 0.1) is 0 Å². The Kier molecular flexibility index (Phi) is 6.01. The van der Waals surface area contributed by atoms with E-state index in [9.17, 15) is 4.79 Å². The lowest BCUT2D eigenvalue weighted by atomic mass is 9.84. The molecule has 0 saturated carbocycles. The largest absolute Gasteiger partial charge is 0.355 e. The van der Waals surface area contributed by atoms with E-state index in [1.165, 1.54) is 24.0 Å². The average Bonchev–Trinajstić information content (AvgIpc) is 2.52. The number of piperidine rings is 1. The highest BCUT2D eigenvalue weighted by Gasteiger charge is 2.22. The molecule has 0 spiro atoms. The molecular weight excluding hydrogens is 272 g/mol. The highest BCUT2D eigenvalue weighted by Crippen LogP contribution is 2.23. The zero-order valence-corrected chi connectivity index (χ0v) is 14.2. The Morgan fingerprint density at radius 2 is 2.05 bits per heavy atom. The SMILES string of the molecule is Cc1cccc(C(C)(C)CNC(=O)CCC2CCNCC2)c1. The highest BCUT2D eigenvalue weighted by atomic mass is 16.1.